The van der Waals surface area contributed by atoms with E-state index in [-0.39, 0.29) is 47.2 Å². The van der Waals surface area contributed by atoms with Gasteiger partial charge >= 0.3 is 6.03 Å². The summed E-state index contributed by atoms with van der Waals surface area (Å²) in [6, 6.07) is 1.99. The number of amides is 4. The summed E-state index contributed by atoms with van der Waals surface area (Å²) in [4.78, 5) is 64.9. The van der Waals surface area contributed by atoms with Gasteiger partial charge in [0.05, 0.1) is 26.1 Å². The molecule has 3 aliphatic carbocycles. The van der Waals surface area contributed by atoms with Crippen molar-refractivity contribution in [3.05, 3.63) is 52.1 Å². The van der Waals surface area contributed by atoms with Crippen LogP contribution in [0.4, 0.5) is 4.79 Å². The standard InChI is InChI=1S/C26H24N2O8/c1-10-6-16(29)15-9-14-12(4-5-13-20(14)25(33)28(24(13)32)26(27)34)19(21(15)22(10)30)11-7-17(35-2)23(31)18(8-11)36-3/h4,6-8,13-14,19-20,31H,5,9H2,1-3H3,(H2,27,34)/t13-,14+,19-,20-/m0/s1. The molecule has 0 saturated carbocycles. The highest BCUT2D eigenvalue weighted by Gasteiger charge is 2.57. The molecule has 1 saturated heterocycles. The first kappa shape index (κ1) is 23.5. The Morgan fingerprint density at radius 2 is 1.69 bits per heavy atom. The lowest BCUT2D eigenvalue weighted by Gasteiger charge is -2.42. The Kier molecular flexibility index (Phi) is 5.35. The zero-order valence-corrected chi connectivity index (χ0v) is 19.9. The molecule has 0 aromatic heterocycles. The Labute approximate surface area is 206 Å². The van der Waals surface area contributed by atoms with Gasteiger partial charge in [-0.25, -0.2) is 4.79 Å². The normalized spacial score (nSPS) is 27.2. The Balaban J connectivity index is 1.73. The van der Waals surface area contributed by atoms with Gasteiger partial charge in [0.25, 0.3) is 0 Å². The van der Waals surface area contributed by atoms with Crippen molar-refractivity contribution in [1.82, 2.24) is 4.90 Å². The number of hydrogen-bond acceptors (Lipinski definition) is 8. The number of hydrogen-bond donors (Lipinski definition) is 2. The minimum Gasteiger partial charge on any atom is -0.502 e. The number of carbonyl (C=O) groups excluding carboxylic acids is 5. The van der Waals surface area contributed by atoms with Crippen molar-refractivity contribution in [3.8, 4) is 17.2 Å². The number of benzene rings is 1. The zero-order chi connectivity index (χ0) is 26.0. The topological polar surface area (TPSA) is 153 Å². The summed E-state index contributed by atoms with van der Waals surface area (Å²) in [7, 11) is 2.75. The summed E-state index contributed by atoms with van der Waals surface area (Å²) in [5.41, 5.74) is 7.37. The van der Waals surface area contributed by atoms with Crippen LogP contribution in [0.1, 0.15) is 31.2 Å². The number of phenolic OH excluding ortho intramolecular Hbond substituents is 1. The third-order valence-electron chi connectivity index (χ3n) is 7.62. The summed E-state index contributed by atoms with van der Waals surface area (Å²) >= 11 is 0. The third kappa shape index (κ3) is 3.13. The predicted molar refractivity (Wildman–Crippen MR) is 124 cm³/mol. The zero-order valence-electron chi connectivity index (χ0n) is 19.9. The molecule has 4 aliphatic rings. The van der Waals surface area contributed by atoms with E-state index in [1.807, 2.05) is 6.08 Å². The van der Waals surface area contributed by atoms with Gasteiger partial charge in [-0.1, -0.05) is 11.6 Å². The first-order chi connectivity index (χ1) is 17.1. The SMILES string of the molecule is COc1cc([C@H]2C3=CC[C@@H]4C(=O)N(C(N)=O)C(=O)[C@@H]4[C@@H]3CC3=C2C(=O)C(C)=CC3=O)cc(OC)c1O. The molecule has 1 fully saturated rings. The number of ether oxygens (including phenoxy) is 2. The molecule has 36 heavy (non-hydrogen) atoms. The van der Waals surface area contributed by atoms with Crippen molar-refractivity contribution < 1.29 is 38.6 Å². The van der Waals surface area contributed by atoms with Crippen molar-refractivity contribution in [2.75, 3.05) is 14.2 Å². The molecule has 1 aromatic rings. The van der Waals surface area contributed by atoms with Crippen LogP contribution >= 0.6 is 0 Å². The van der Waals surface area contributed by atoms with Crippen LogP contribution in [0, 0.1) is 17.8 Å². The quantitative estimate of drug-likeness (QED) is 0.369. The van der Waals surface area contributed by atoms with Gasteiger partial charge in [0.15, 0.2) is 23.1 Å². The summed E-state index contributed by atoms with van der Waals surface area (Å²) in [5, 5.41) is 10.4. The van der Waals surface area contributed by atoms with Crippen molar-refractivity contribution >= 4 is 29.4 Å². The van der Waals surface area contributed by atoms with E-state index in [0.717, 1.165) is 0 Å². The fraction of sp³-hybridized carbons (Fsp3) is 0.346. The molecule has 0 spiro atoms. The number of ketones is 2. The number of rotatable bonds is 3. The smallest absolute Gasteiger partial charge is 0.328 e. The van der Waals surface area contributed by atoms with E-state index in [1.165, 1.54) is 20.3 Å². The number of nitrogens with zero attached hydrogens (tertiary/aromatic N) is 1. The Hall–Kier alpha value is -4.21. The molecule has 1 aromatic carbocycles. The van der Waals surface area contributed by atoms with Gasteiger partial charge in [-0.2, -0.15) is 4.90 Å². The lowest BCUT2D eigenvalue weighted by atomic mass is 9.59. The van der Waals surface area contributed by atoms with Gasteiger partial charge in [0, 0.05) is 22.6 Å². The van der Waals surface area contributed by atoms with E-state index in [0.29, 0.717) is 27.2 Å². The van der Waals surface area contributed by atoms with Crippen molar-refractivity contribution in [3.63, 3.8) is 0 Å². The highest BCUT2D eigenvalue weighted by atomic mass is 16.5. The number of carbonyl (C=O) groups is 5. The molecule has 0 unspecified atom stereocenters. The second-order valence-electron chi connectivity index (χ2n) is 9.35. The van der Waals surface area contributed by atoms with Crippen molar-refractivity contribution in [2.45, 2.75) is 25.7 Å². The lowest BCUT2D eigenvalue weighted by molar-refractivity contribution is -0.136. The molecule has 1 aliphatic heterocycles. The van der Waals surface area contributed by atoms with Gasteiger partial charge in [-0.3, -0.25) is 19.2 Å². The predicted octanol–water partition coefficient (Wildman–Crippen LogP) is 1.92. The van der Waals surface area contributed by atoms with Crippen LogP contribution in [0.15, 0.2) is 46.6 Å². The molecule has 4 atom stereocenters. The Morgan fingerprint density at radius 1 is 1.06 bits per heavy atom. The van der Waals surface area contributed by atoms with Crippen LogP contribution in [0.3, 0.4) is 0 Å². The first-order valence-corrected chi connectivity index (χ1v) is 11.4. The van der Waals surface area contributed by atoms with Crippen LogP contribution in [-0.4, -0.2) is 53.6 Å². The van der Waals surface area contributed by atoms with E-state index < -0.39 is 41.5 Å². The number of aromatic hydroxyl groups is 1. The molecule has 186 valence electrons. The van der Waals surface area contributed by atoms with Crippen molar-refractivity contribution in [2.24, 2.45) is 23.5 Å². The molecule has 3 N–H and O–H groups in total. The molecule has 10 nitrogen and oxygen atoms in total. The van der Waals surface area contributed by atoms with E-state index in [2.05, 4.69) is 0 Å². The molecule has 4 amide bonds. The molecular weight excluding hydrogens is 468 g/mol. The second-order valence-corrected chi connectivity index (χ2v) is 9.35. The van der Waals surface area contributed by atoms with Crippen LogP contribution in [0.5, 0.6) is 17.2 Å². The molecule has 0 radical (unpaired) electrons. The molecular formula is C26H24N2O8. The number of nitrogens with two attached hydrogens (primary N) is 1. The van der Waals surface area contributed by atoms with Crippen LogP contribution in [0.25, 0.3) is 0 Å². The lowest BCUT2D eigenvalue weighted by Crippen LogP contribution is -2.42. The number of phenols is 1. The Bertz CT molecular complexity index is 1340. The number of imide groups is 3. The number of fused-ring (bicyclic) bond motifs is 3. The summed E-state index contributed by atoms with van der Waals surface area (Å²) in [6.45, 7) is 1.57. The van der Waals surface area contributed by atoms with Gasteiger partial charge in [0.2, 0.25) is 17.6 Å². The maximum absolute atomic E-state index is 13.4. The van der Waals surface area contributed by atoms with E-state index >= 15 is 0 Å². The number of Topliss-reactive ketones (excluding diaryl/α,β-unsaturated/α-hetero) is 1. The molecule has 5 rings (SSSR count). The number of methoxy groups -OCH3 is 2. The number of likely N-dealkylation sites (tertiary alicyclic amines) is 1. The molecule has 1 heterocycles. The van der Waals surface area contributed by atoms with Crippen LogP contribution < -0.4 is 15.2 Å². The number of allylic oxidation sites excluding steroid dienone is 6. The van der Waals surface area contributed by atoms with Crippen LogP contribution in [-0.2, 0) is 19.2 Å². The van der Waals surface area contributed by atoms with Crippen LogP contribution in [0.2, 0.25) is 0 Å². The monoisotopic (exact) mass is 492 g/mol. The van der Waals surface area contributed by atoms with E-state index in [1.54, 1.807) is 19.1 Å². The highest BCUT2D eigenvalue weighted by Crippen LogP contribution is 2.56. The third-order valence-corrected chi connectivity index (χ3v) is 7.62. The fourth-order valence-electron chi connectivity index (χ4n) is 6.04. The number of primary amides is 1. The van der Waals surface area contributed by atoms with Gasteiger partial charge < -0.3 is 20.3 Å². The van der Waals surface area contributed by atoms with E-state index in [4.69, 9.17) is 15.2 Å². The summed E-state index contributed by atoms with van der Waals surface area (Å²) < 4.78 is 10.6. The summed E-state index contributed by atoms with van der Waals surface area (Å²) in [6.07, 6.45) is 3.34. The van der Waals surface area contributed by atoms with E-state index in [9.17, 15) is 29.1 Å². The number of urea groups is 1. The fourth-order valence-corrected chi connectivity index (χ4v) is 6.04. The first-order valence-electron chi connectivity index (χ1n) is 11.4. The van der Waals surface area contributed by atoms with Gasteiger partial charge in [-0.05, 0) is 49.5 Å². The molecule has 0 bridgehead atoms. The Morgan fingerprint density at radius 3 is 2.28 bits per heavy atom. The average Bonchev–Trinajstić information content (AvgIpc) is 3.11. The maximum Gasteiger partial charge on any atom is 0.328 e. The second kappa shape index (κ2) is 8.18. The maximum atomic E-state index is 13.4. The highest BCUT2D eigenvalue weighted by molar-refractivity contribution is 6.24. The largest absolute Gasteiger partial charge is 0.502 e. The van der Waals surface area contributed by atoms with Gasteiger partial charge in [-0.15, -0.1) is 0 Å². The average molecular weight is 492 g/mol. The van der Waals surface area contributed by atoms with Crippen molar-refractivity contribution in [1.29, 1.82) is 0 Å². The molecule has 10 heteroatoms. The minimum atomic E-state index is -1.14. The summed E-state index contributed by atoms with van der Waals surface area (Å²) in [5.74, 6) is -5.03. The minimum absolute atomic E-state index is 0.0746. The van der Waals surface area contributed by atoms with Gasteiger partial charge in [0.1, 0.15) is 0 Å².